The van der Waals surface area contributed by atoms with Gasteiger partial charge in [0, 0.05) is 18.3 Å². The first-order valence-corrected chi connectivity index (χ1v) is 6.99. The second-order valence-corrected chi connectivity index (χ2v) is 5.87. The van der Waals surface area contributed by atoms with Crippen LogP contribution in [0.3, 0.4) is 0 Å². The molecule has 0 bridgehead atoms. The van der Waals surface area contributed by atoms with Crippen LogP contribution in [0.5, 0.6) is 0 Å². The summed E-state index contributed by atoms with van der Waals surface area (Å²) in [6.07, 6.45) is 3.94. The molecule has 1 atom stereocenters. The molecule has 0 radical (unpaired) electrons. The van der Waals surface area contributed by atoms with Gasteiger partial charge < -0.3 is 11.1 Å². The molecule has 1 fully saturated rings. The van der Waals surface area contributed by atoms with Crippen LogP contribution in [-0.4, -0.2) is 27.3 Å². The normalized spacial score (nSPS) is 18.3. The van der Waals surface area contributed by atoms with Gasteiger partial charge in [-0.05, 0) is 52.5 Å². The molecule has 1 aromatic rings. The summed E-state index contributed by atoms with van der Waals surface area (Å²) in [6, 6.07) is 2.54. The summed E-state index contributed by atoms with van der Waals surface area (Å²) in [5.41, 5.74) is 7.14. The molecule has 1 saturated carbocycles. The van der Waals surface area contributed by atoms with Crippen molar-refractivity contribution in [2.24, 2.45) is 5.73 Å². The molecule has 0 saturated heterocycles. The molecule has 0 aliphatic heterocycles. The number of nitrogens with one attached hydrogen (secondary N) is 1. The van der Waals surface area contributed by atoms with Gasteiger partial charge in [-0.3, -0.25) is 9.48 Å². The number of carbonyl (C=O) groups is 1. The average molecular weight is 264 g/mol. The summed E-state index contributed by atoms with van der Waals surface area (Å²) in [7, 11) is 0. The summed E-state index contributed by atoms with van der Waals surface area (Å²) in [6.45, 7) is 6.78. The van der Waals surface area contributed by atoms with Crippen molar-refractivity contribution in [1.82, 2.24) is 15.1 Å². The Morgan fingerprint density at radius 3 is 2.74 bits per heavy atom. The van der Waals surface area contributed by atoms with E-state index in [1.54, 1.807) is 0 Å². The molecule has 0 spiro atoms. The number of rotatable bonds is 7. The van der Waals surface area contributed by atoms with E-state index in [9.17, 15) is 4.79 Å². The van der Waals surface area contributed by atoms with Crippen molar-refractivity contribution in [1.29, 1.82) is 0 Å². The predicted molar refractivity (Wildman–Crippen MR) is 74.7 cm³/mol. The van der Waals surface area contributed by atoms with Gasteiger partial charge in [0.05, 0.1) is 11.2 Å². The summed E-state index contributed by atoms with van der Waals surface area (Å²) in [5, 5.41) is 7.80. The molecular weight excluding hydrogens is 240 g/mol. The molecule has 5 nitrogen and oxygen atoms in total. The van der Waals surface area contributed by atoms with E-state index in [2.05, 4.69) is 23.4 Å². The van der Waals surface area contributed by atoms with Crippen LogP contribution in [0.4, 0.5) is 0 Å². The van der Waals surface area contributed by atoms with Crippen molar-refractivity contribution < 1.29 is 4.79 Å². The second-order valence-electron chi connectivity index (χ2n) is 5.87. The van der Waals surface area contributed by atoms with Gasteiger partial charge in [-0.2, -0.15) is 5.10 Å². The third kappa shape index (κ3) is 3.56. The lowest BCUT2D eigenvalue weighted by molar-refractivity contribution is -0.124. The van der Waals surface area contributed by atoms with Crippen LogP contribution in [0.15, 0.2) is 6.07 Å². The molecule has 1 aromatic heterocycles. The first kappa shape index (κ1) is 14.1. The maximum absolute atomic E-state index is 11.6. The third-order valence-electron chi connectivity index (χ3n) is 3.79. The van der Waals surface area contributed by atoms with Crippen LogP contribution in [0.25, 0.3) is 0 Å². The fraction of sp³-hybridized carbons (Fsp3) is 0.714. The molecular formula is C14H24N4O. The minimum absolute atomic E-state index is 0.257. The number of aryl methyl sites for hydroxylation is 3. The quantitative estimate of drug-likeness (QED) is 0.779. The Hall–Kier alpha value is -1.36. The van der Waals surface area contributed by atoms with E-state index in [1.807, 2.05) is 18.5 Å². The van der Waals surface area contributed by atoms with Crippen molar-refractivity contribution in [3.63, 3.8) is 0 Å². The van der Waals surface area contributed by atoms with Gasteiger partial charge in [-0.15, -0.1) is 0 Å². The van der Waals surface area contributed by atoms with Crippen molar-refractivity contribution in [2.45, 2.75) is 64.6 Å². The van der Waals surface area contributed by atoms with Gasteiger partial charge in [0.15, 0.2) is 0 Å². The van der Waals surface area contributed by atoms with E-state index in [0.717, 1.165) is 43.6 Å². The van der Waals surface area contributed by atoms with Gasteiger partial charge >= 0.3 is 0 Å². The lowest BCUT2D eigenvalue weighted by Gasteiger charge is -2.27. The molecule has 1 heterocycles. The van der Waals surface area contributed by atoms with Crippen LogP contribution < -0.4 is 11.1 Å². The Balaban J connectivity index is 1.88. The predicted octanol–water partition coefficient (Wildman–Crippen LogP) is 1.28. The number of amides is 1. The topological polar surface area (TPSA) is 72.9 Å². The van der Waals surface area contributed by atoms with Crippen molar-refractivity contribution in [3.05, 3.63) is 17.5 Å². The largest absolute Gasteiger partial charge is 0.368 e. The van der Waals surface area contributed by atoms with Crippen LogP contribution in [0.2, 0.25) is 0 Å². The van der Waals surface area contributed by atoms with Crippen molar-refractivity contribution >= 4 is 5.91 Å². The zero-order chi connectivity index (χ0) is 14.0. The number of hydrogen-bond acceptors (Lipinski definition) is 3. The smallest absolute Gasteiger partial charge is 0.237 e. The van der Waals surface area contributed by atoms with E-state index in [0.29, 0.717) is 6.04 Å². The Kier molecular flexibility index (Phi) is 3.94. The highest BCUT2D eigenvalue weighted by Gasteiger charge is 2.36. The lowest BCUT2D eigenvalue weighted by Crippen LogP contribution is -2.54. The lowest BCUT2D eigenvalue weighted by atomic mass is 9.94. The summed E-state index contributed by atoms with van der Waals surface area (Å²) in [4.78, 5) is 11.6. The van der Waals surface area contributed by atoms with Crippen LogP contribution in [-0.2, 0) is 11.3 Å². The Morgan fingerprint density at radius 2 is 2.26 bits per heavy atom. The van der Waals surface area contributed by atoms with Gasteiger partial charge in [-0.1, -0.05) is 0 Å². The first-order chi connectivity index (χ1) is 8.90. The Bertz CT molecular complexity index is 464. The van der Waals surface area contributed by atoms with Gasteiger partial charge in [0.25, 0.3) is 0 Å². The molecule has 3 N–H and O–H groups in total. The third-order valence-corrected chi connectivity index (χ3v) is 3.79. The van der Waals surface area contributed by atoms with Gasteiger partial charge in [0.1, 0.15) is 0 Å². The molecule has 1 aliphatic carbocycles. The number of primary amides is 1. The minimum Gasteiger partial charge on any atom is -0.368 e. The molecule has 1 aliphatic rings. The highest BCUT2D eigenvalue weighted by atomic mass is 16.1. The summed E-state index contributed by atoms with van der Waals surface area (Å²) >= 11 is 0. The average Bonchev–Trinajstić information content (AvgIpc) is 3.05. The maximum atomic E-state index is 11.6. The Labute approximate surface area is 114 Å². The fourth-order valence-corrected chi connectivity index (χ4v) is 2.43. The van der Waals surface area contributed by atoms with Crippen LogP contribution in [0.1, 0.15) is 44.0 Å². The zero-order valence-electron chi connectivity index (χ0n) is 12.1. The number of nitrogens with two attached hydrogens (primary N) is 1. The number of nitrogens with zero attached hydrogens (tertiary/aromatic N) is 2. The number of aromatic nitrogens is 2. The van der Waals surface area contributed by atoms with E-state index < -0.39 is 5.54 Å². The zero-order valence-corrected chi connectivity index (χ0v) is 12.1. The highest BCUT2D eigenvalue weighted by Crippen LogP contribution is 2.24. The van der Waals surface area contributed by atoms with E-state index in [1.165, 1.54) is 0 Å². The molecule has 106 valence electrons. The van der Waals surface area contributed by atoms with E-state index in [-0.39, 0.29) is 5.91 Å². The summed E-state index contributed by atoms with van der Waals surface area (Å²) in [5.74, 6) is -0.257. The first-order valence-electron chi connectivity index (χ1n) is 6.99. The monoisotopic (exact) mass is 264 g/mol. The Morgan fingerprint density at radius 1 is 1.58 bits per heavy atom. The molecule has 2 rings (SSSR count). The number of carbonyl (C=O) groups excluding carboxylic acids is 1. The van der Waals surface area contributed by atoms with Crippen LogP contribution >= 0.6 is 0 Å². The van der Waals surface area contributed by atoms with Crippen molar-refractivity contribution in [3.8, 4) is 0 Å². The fourth-order valence-electron chi connectivity index (χ4n) is 2.43. The van der Waals surface area contributed by atoms with Gasteiger partial charge in [0.2, 0.25) is 5.91 Å². The molecule has 1 amide bonds. The maximum Gasteiger partial charge on any atom is 0.237 e. The van der Waals surface area contributed by atoms with Crippen LogP contribution in [0, 0.1) is 13.8 Å². The van der Waals surface area contributed by atoms with Gasteiger partial charge in [-0.25, -0.2) is 0 Å². The standard InChI is InChI=1S/C14H24N4O/c1-10-9-11(2)18(17-10)8-4-7-14(3,13(15)19)16-12-5-6-12/h9,12,16H,4-8H2,1-3H3,(H2,15,19). The molecule has 0 aromatic carbocycles. The highest BCUT2D eigenvalue weighted by molar-refractivity contribution is 5.84. The SMILES string of the molecule is Cc1cc(C)n(CCCC(C)(NC2CC2)C(N)=O)n1. The molecule has 19 heavy (non-hydrogen) atoms. The molecule has 1 unspecified atom stereocenters. The van der Waals surface area contributed by atoms with E-state index >= 15 is 0 Å². The number of hydrogen-bond donors (Lipinski definition) is 2. The second kappa shape index (κ2) is 5.33. The summed E-state index contributed by atoms with van der Waals surface area (Å²) < 4.78 is 1.99. The molecule has 5 heteroatoms. The van der Waals surface area contributed by atoms with E-state index in [4.69, 9.17) is 5.73 Å². The minimum atomic E-state index is -0.586. The van der Waals surface area contributed by atoms with Crippen molar-refractivity contribution in [2.75, 3.05) is 0 Å².